The van der Waals surface area contributed by atoms with E-state index in [1.54, 1.807) is 7.11 Å². The van der Waals surface area contributed by atoms with Crippen molar-refractivity contribution in [2.24, 2.45) is 0 Å². The van der Waals surface area contributed by atoms with E-state index < -0.39 is 0 Å². The second-order valence-electron chi connectivity index (χ2n) is 4.28. The number of ether oxygens (including phenoxy) is 1. The molecule has 0 unspecified atom stereocenters. The molecule has 2 heterocycles. The molecule has 0 aliphatic rings. The van der Waals surface area contributed by atoms with E-state index in [0.717, 1.165) is 39.7 Å². The predicted octanol–water partition coefficient (Wildman–Crippen LogP) is 2.87. The fourth-order valence-corrected chi connectivity index (χ4v) is 2.43. The van der Waals surface area contributed by atoms with Crippen LogP contribution in [-0.2, 0) is 6.42 Å². The monoisotopic (exact) mass is 241 g/mol. The maximum atomic E-state index is 5.88. The van der Waals surface area contributed by atoms with Crippen LogP contribution < -0.4 is 10.5 Å². The number of fused-ring (bicyclic) bond motifs is 3. The Balaban J connectivity index is 2.53. The molecule has 0 spiro atoms. The summed E-state index contributed by atoms with van der Waals surface area (Å²) in [6, 6.07) is 7.86. The summed E-state index contributed by atoms with van der Waals surface area (Å²) < 4.78 is 5.43. The van der Waals surface area contributed by atoms with Crippen molar-refractivity contribution >= 4 is 27.6 Å². The summed E-state index contributed by atoms with van der Waals surface area (Å²) in [6.45, 7) is 2.07. The van der Waals surface area contributed by atoms with Crippen molar-refractivity contribution in [2.45, 2.75) is 13.3 Å². The lowest BCUT2D eigenvalue weighted by atomic mass is 10.1. The van der Waals surface area contributed by atoms with Gasteiger partial charge in [0.25, 0.3) is 0 Å². The Morgan fingerprint density at radius 1 is 1.39 bits per heavy atom. The van der Waals surface area contributed by atoms with Gasteiger partial charge >= 0.3 is 0 Å². The van der Waals surface area contributed by atoms with E-state index in [0.29, 0.717) is 5.82 Å². The molecule has 3 aromatic rings. The lowest BCUT2D eigenvalue weighted by Gasteiger charge is -2.03. The molecule has 0 saturated carbocycles. The maximum absolute atomic E-state index is 5.88. The number of aromatic amines is 1. The standard InChI is InChI=1S/C14H15N3O/c1-3-9-14-8(7-12(15)16-9)13-10(17-14)5-4-6-11(13)18-2/h4-7,17H,3H2,1-2H3,(H2,15,16). The van der Waals surface area contributed by atoms with Crippen molar-refractivity contribution in [2.75, 3.05) is 12.8 Å². The van der Waals surface area contributed by atoms with Crippen LogP contribution in [0.5, 0.6) is 5.75 Å². The number of aryl methyl sites for hydroxylation is 1. The summed E-state index contributed by atoms with van der Waals surface area (Å²) in [6.07, 6.45) is 0.844. The molecule has 0 amide bonds. The van der Waals surface area contributed by atoms with Crippen LogP contribution in [0.4, 0.5) is 5.82 Å². The Labute approximate surface area is 105 Å². The summed E-state index contributed by atoms with van der Waals surface area (Å²) in [7, 11) is 1.68. The molecule has 0 radical (unpaired) electrons. The maximum Gasteiger partial charge on any atom is 0.128 e. The van der Waals surface area contributed by atoms with E-state index in [1.165, 1.54) is 0 Å². The first-order chi connectivity index (χ1) is 8.74. The minimum atomic E-state index is 0.547. The third-order valence-corrected chi connectivity index (χ3v) is 3.22. The van der Waals surface area contributed by atoms with Gasteiger partial charge in [-0.3, -0.25) is 0 Å². The van der Waals surface area contributed by atoms with E-state index in [-0.39, 0.29) is 0 Å². The molecular weight excluding hydrogens is 226 g/mol. The van der Waals surface area contributed by atoms with Crippen molar-refractivity contribution in [3.8, 4) is 5.75 Å². The van der Waals surface area contributed by atoms with Crippen LogP contribution in [0.1, 0.15) is 12.6 Å². The second kappa shape index (κ2) is 3.91. The van der Waals surface area contributed by atoms with Gasteiger partial charge in [0.2, 0.25) is 0 Å². The quantitative estimate of drug-likeness (QED) is 0.725. The van der Waals surface area contributed by atoms with Gasteiger partial charge in [0.15, 0.2) is 0 Å². The summed E-state index contributed by atoms with van der Waals surface area (Å²) >= 11 is 0. The summed E-state index contributed by atoms with van der Waals surface area (Å²) in [4.78, 5) is 7.78. The van der Waals surface area contributed by atoms with Crippen molar-refractivity contribution in [3.63, 3.8) is 0 Å². The minimum absolute atomic E-state index is 0.547. The van der Waals surface area contributed by atoms with Gasteiger partial charge in [-0.05, 0) is 24.6 Å². The number of hydrogen-bond acceptors (Lipinski definition) is 3. The van der Waals surface area contributed by atoms with Crippen LogP contribution in [0.15, 0.2) is 24.3 Å². The molecule has 1 aromatic carbocycles. The molecule has 0 fully saturated rings. The van der Waals surface area contributed by atoms with E-state index in [9.17, 15) is 0 Å². The number of hydrogen-bond donors (Lipinski definition) is 2. The topological polar surface area (TPSA) is 63.9 Å². The first-order valence-electron chi connectivity index (χ1n) is 5.98. The van der Waals surface area contributed by atoms with Gasteiger partial charge in [0, 0.05) is 10.8 Å². The van der Waals surface area contributed by atoms with E-state index in [4.69, 9.17) is 10.5 Å². The number of aromatic nitrogens is 2. The molecule has 0 aliphatic heterocycles. The van der Waals surface area contributed by atoms with Gasteiger partial charge in [0.05, 0.1) is 23.8 Å². The highest BCUT2D eigenvalue weighted by Crippen LogP contribution is 2.34. The van der Waals surface area contributed by atoms with Crippen LogP contribution in [0.2, 0.25) is 0 Å². The zero-order chi connectivity index (χ0) is 12.7. The first kappa shape index (κ1) is 10.9. The Morgan fingerprint density at radius 3 is 2.94 bits per heavy atom. The average Bonchev–Trinajstić information content (AvgIpc) is 2.76. The number of nitrogens with two attached hydrogens (primary N) is 1. The Kier molecular flexibility index (Phi) is 2.37. The SMILES string of the molecule is CCc1nc(N)cc2c1[nH]c1cccc(OC)c12. The van der Waals surface area contributed by atoms with Gasteiger partial charge < -0.3 is 15.5 Å². The molecule has 18 heavy (non-hydrogen) atoms. The van der Waals surface area contributed by atoms with Crippen molar-refractivity contribution in [1.82, 2.24) is 9.97 Å². The summed E-state index contributed by atoms with van der Waals surface area (Å²) in [5.74, 6) is 1.40. The lowest BCUT2D eigenvalue weighted by molar-refractivity contribution is 0.420. The van der Waals surface area contributed by atoms with Crippen LogP contribution in [0, 0.1) is 0 Å². The van der Waals surface area contributed by atoms with Gasteiger partial charge in [-0.1, -0.05) is 13.0 Å². The zero-order valence-electron chi connectivity index (χ0n) is 10.4. The molecule has 3 N–H and O–H groups in total. The van der Waals surface area contributed by atoms with Gasteiger partial charge in [-0.15, -0.1) is 0 Å². The smallest absolute Gasteiger partial charge is 0.128 e. The Hall–Kier alpha value is -2.23. The third kappa shape index (κ3) is 1.42. The molecule has 92 valence electrons. The van der Waals surface area contributed by atoms with Crippen LogP contribution in [0.3, 0.4) is 0 Å². The fraction of sp³-hybridized carbons (Fsp3) is 0.214. The molecule has 4 heteroatoms. The van der Waals surface area contributed by atoms with E-state index in [1.807, 2.05) is 24.3 Å². The molecule has 0 aliphatic carbocycles. The Bertz CT molecular complexity index is 731. The van der Waals surface area contributed by atoms with Crippen molar-refractivity contribution in [1.29, 1.82) is 0 Å². The fourth-order valence-electron chi connectivity index (χ4n) is 2.43. The first-order valence-corrected chi connectivity index (χ1v) is 5.98. The highest BCUT2D eigenvalue weighted by molar-refractivity contribution is 6.11. The van der Waals surface area contributed by atoms with Gasteiger partial charge in [0.1, 0.15) is 11.6 Å². The van der Waals surface area contributed by atoms with Crippen LogP contribution in [0.25, 0.3) is 21.8 Å². The normalized spacial score (nSPS) is 11.2. The molecule has 4 nitrogen and oxygen atoms in total. The molecule has 0 saturated heterocycles. The number of H-pyrrole nitrogens is 1. The summed E-state index contributed by atoms with van der Waals surface area (Å²) in [5, 5.41) is 2.14. The van der Waals surface area contributed by atoms with Crippen LogP contribution >= 0.6 is 0 Å². The summed E-state index contributed by atoms with van der Waals surface area (Å²) in [5.41, 5.74) is 8.96. The predicted molar refractivity (Wildman–Crippen MR) is 73.9 cm³/mol. The average molecular weight is 241 g/mol. The van der Waals surface area contributed by atoms with Gasteiger partial charge in [-0.25, -0.2) is 4.98 Å². The lowest BCUT2D eigenvalue weighted by Crippen LogP contribution is -1.95. The highest BCUT2D eigenvalue weighted by atomic mass is 16.5. The zero-order valence-corrected chi connectivity index (χ0v) is 10.4. The number of nitrogen functional groups attached to an aromatic ring is 1. The molecular formula is C14H15N3O. The van der Waals surface area contributed by atoms with Crippen molar-refractivity contribution in [3.05, 3.63) is 30.0 Å². The molecule has 3 rings (SSSR count). The van der Waals surface area contributed by atoms with E-state index >= 15 is 0 Å². The number of methoxy groups -OCH3 is 1. The number of rotatable bonds is 2. The Morgan fingerprint density at radius 2 is 2.22 bits per heavy atom. The number of nitrogens with zero attached hydrogens (tertiary/aromatic N) is 1. The second-order valence-corrected chi connectivity index (χ2v) is 4.28. The third-order valence-electron chi connectivity index (χ3n) is 3.22. The van der Waals surface area contributed by atoms with E-state index in [2.05, 4.69) is 16.9 Å². The number of benzene rings is 1. The molecule has 0 atom stereocenters. The minimum Gasteiger partial charge on any atom is -0.496 e. The van der Waals surface area contributed by atoms with Crippen LogP contribution in [-0.4, -0.2) is 17.1 Å². The van der Waals surface area contributed by atoms with Gasteiger partial charge in [-0.2, -0.15) is 0 Å². The number of anilines is 1. The number of nitrogens with one attached hydrogen (secondary N) is 1. The number of pyridine rings is 1. The largest absolute Gasteiger partial charge is 0.496 e. The molecule has 2 aromatic heterocycles. The molecule has 0 bridgehead atoms. The highest BCUT2D eigenvalue weighted by Gasteiger charge is 2.12. The van der Waals surface area contributed by atoms with Crippen molar-refractivity contribution < 1.29 is 4.74 Å².